The number of rotatable bonds is 0. The van der Waals surface area contributed by atoms with Crippen molar-refractivity contribution in [2.45, 2.75) is 27.2 Å². The molecular weight excluding hydrogens is 162 g/mol. The van der Waals surface area contributed by atoms with Crippen molar-refractivity contribution in [2.24, 2.45) is 10.9 Å². The normalized spacial score (nSPS) is 45.2. The maximum absolute atomic E-state index is 8.05. The van der Waals surface area contributed by atoms with Crippen LogP contribution in [-0.2, 0) is 4.74 Å². The molecular formula is C11H17NO. The van der Waals surface area contributed by atoms with Gasteiger partial charge in [0.1, 0.15) is 0 Å². The van der Waals surface area contributed by atoms with Crippen LogP contribution in [-0.4, -0.2) is 13.0 Å². The Morgan fingerprint density at radius 3 is 3.00 bits per heavy atom. The van der Waals surface area contributed by atoms with Crippen LogP contribution in [0.5, 0.6) is 0 Å². The predicted octanol–water partition coefficient (Wildman–Crippen LogP) is 2.92. The first-order chi connectivity index (χ1) is 6.86. The molecule has 0 radical (unpaired) electrons. The molecule has 72 valence electrons. The molecule has 13 heavy (non-hydrogen) atoms. The fourth-order valence-electron chi connectivity index (χ4n) is 1.31. The molecule has 0 N–H and O–H groups in total. The van der Waals surface area contributed by atoms with E-state index >= 15 is 0 Å². The third-order valence-electron chi connectivity index (χ3n) is 1.74. The molecule has 0 aromatic carbocycles. The van der Waals surface area contributed by atoms with Crippen molar-refractivity contribution in [3.8, 4) is 0 Å². The molecule has 0 amide bonds. The molecule has 0 saturated heterocycles. The van der Waals surface area contributed by atoms with Crippen molar-refractivity contribution in [2.75, 3.05) is 7.11 Å². The molecule has 1 rings (SSSR count). The highest BCUT2D eigenvalue weighted by Gasteiger charge is 2.08. The van der Waals surface area contributed by atoms with E-state index < -0.39 is 12.3 Å². The summed E-state index contributed by atoms with van der Waals surface area (Å²) in [6, 6.07) is 0. The zero-order valence-electron chi connectivity index (χ0n) is 10.6. The van der Waals surface area contributed by atoms with Crippen LogP contribution in [0.15, 0.2) is 28.4 Å². The molecule has 0 aromatic rings. The zero-order chi connectivity index (χ0) is 11.6. The molecule has 2 nitrogen and oxygen atoms in total. The monoisotopic (exact) mass is 181 g/mol. The minimum Gasteiger partial charge on any atom is -0.484 e. The second kappa shape index (κ2) is 4.26. The third-order valence-corrected chi connectivity index (χ3v) is 1.74. The van der Waals surface area contributed by atoms with Crippen molar-refractivity contribution >= 4 is 5.90 Å². The minimum atomic E-state index is -1.00. The number of hydrogen-bond donors (Lipinski definition) is 0. The summed E-state index contributed by atoms with van der Waals surface area (Å²) in [5, 5.41) is 0. The number of aliphatic imine (C=N–C) groups is 1. The van der Waals surface area contributed by atoms with Gasteiger partial charge in [-0.1, -0.05) is 18.6 Å². The average Bonchev–Trinajstić information content (AvgIpc) is 2.10. The highest BCUT2D eigenvalue weighted by molar-refractivity contribution is 5.77. The summed E-state index contributed by atoms with van der Waals surface area (Å²) in [6.45, 7) is 5.46. The Labute approximate surface area is 82.8 Å². The number of hydrogen-bond acceptors (Lipinski definition) is 2. The van der Waals surface area contributed by atoms with E-state index in [1.807, 2.05) is 19.9 Å². The number of allylic oxidation sites excluding steroid dienone is 4. The second-order valence-electron chi connectivity index (χ2n) is 3.22. The van der Waals surface area contributed by atoms with Crippen LogP contribution in [0.25, 0.3) is 0 Å². The number of ether oxygens (including phenoxy) is 1. The SMILES string of the molecule is [2H]C1C(OC)=N/C(C)=C\C(C)=C/C1([2H])C. The van der Waals surface area contributed by atoms with Crippen molar-refractivity contribution < 1.29 is 7.48 Å². The molecule has 0 aromatic heterocycles. The Morgan fingerprint density at radius 1 is 1.69 bits per heavy atom. The fourth-order valence-corrected chi connectivity index (χ4v) is 1.31. The molecule has 1 heterocycles. The van der Waals surface area contributed by atoms with Crippen molar-refractivity contribution in [1.29, 1.82) is 0 Å². The topological polar surface area (TPSA) is 21.6 Å². The van der Waals surface area contributed by atoms with Crippen LogP contribution in [0.2, 0.25) is 0 Å². The van der Waals surface area contributed by atoms with E-state index in [0.29, 0.717) is 5.90 Å². The molecule has 2 atom stereocenters. The Kier molecular flexibility index (Phi) is 2.41. The Morgan fingerprint density at radius 2 is 2.38 bits per heavy atom. The van der Waals surface area contributed by atoms with E-state index in [-0.39, 0.29) is 0 Å². The van der Waals surface area contributed by atoms with Gasteiger partial charge in [0.25, 0.3) is 0 Å². The first-order valence-corrected chi connectivity index (χ1v) is 4.29. The maximum atomic E-state index is 8.05. The molecule has 1 aliphatic rings. The van der Waals surface area contributed by atoms with Gasteiger partial charge in [-0.2, -0.15) is 0 Å². The van der Waals surface area contributed by atoms with Gasteiger partial charge in [-0.05, 0) is 25.8 Å². The average molecular weight is 181 g/mol. The summed E-state index contributed by atoms with van der Waals surface area (Å²) in [5.41, 5.74) is 1.76. The van der Waals surface area contributed by atoms with E-state index in [1.165, 1.54) is 7.11 Å². The van der Waals surface area contributed by atoms with Gasteiger partial charge in [0.05, 0.1) is 7.11 Å². The van der Waals surface area contributed by atoms with E-state index in [4.69, 9.17) is 7.48 Å². The number of nitrogens with zero attached hydrogens (tertiary/aromatic N) is 1. The lowest BCUT2D eigenvalue weighted by Gasteiger charge is -2.12. The van der Waals surface area contributed by atoms with Gasteiger partial charge >= 0.3 is 0 Å². The highest BCUT2D eigenvalue weighted by Crippen LogP contribution is 2.15. The van der Waals surface area contributed by atoms with Gasteiger partial charge in [0, 0.05) is 14.8 Å². The second-order valence-corrected chi connectivity index (χ2v) is 3.22. The summed E-state index contributed by atoms with van der Waals surface area (Å²) in [4.78, 5) is 4.19. The van der Waals surface area contributed by atoms with E-state index in [0.717, 1.165) is 11.3 Å². The van der Waals surface area contributed by atoms with Crippen LogP contribution in [0, 0.1) is 5.89 Å². The summed E-state index contributed by atoms with van der Waals surface area (Å²) < 4.78 is 21.0. The fraction of sp³-hybridized carbons (Fsp3) is 0.545. The van der Waals surface area contributed by atoms with Gasteiger partial charge < -0.3 is 4.74 Å². The smallest absolute Gasteiger partial charge is 0.188 e. The van der Waals surface area contributed by atoms with Crippen LogP contribution in [0.4, 0.5) is 0 Å². The third kappa shape index (κ3) is 3.05. The summed E-state index contributed by atoms with van der Waals surface area (Å²) in [6.07, 6.45) is 2.86. The van der Waals surface area contributed by atoms with Gasteiger partial charge in [-0.3, -0.25) is 0 Å². The quantitative estimate of drug-likeness (QED) is 0.563. The van der Waals surface area contributed by atoms with Crippen molar-refractivity contribution in [3.05, 3.63) is 23.4 Å². The van der Waals surface area contributed by atoms with Crippen LogP contribution >= 0.6 is 0 Å². The summed E-state index contributed by atoms with van der Waals surface area (Å²) in [7, 11) is 1.49. The number of methoxy groups -OCH3 is 1. The lowest BCUT2D eigenvalue weighted by Crippen LogP contribution is -2.08. The van der Waals surface area contributed by atoms with E-state index in [9.17, 15) is 0 Å². The van der Waals surface area contributed by atoms with Crippen LogP contribution in [0.1, 0.15) is 29.9 Å². The lowest BCUT2D eigenvalue weighted by molar-refractivity contribution is 0.382. The van der Waals surface area contributed by atoms with Crippen molar-refractivity contribution in [3.63, 3.8) is 0 Å². The molecule has 2 heteroatoms. The lowest BCUT2D eigenvalue weighted by atomic mass is 10.0. The summed E-state index contributed by atoms with van der Waals surface area (Å²) in [5.74, 6) is -0.708. The van der Waals surface area contributed by atoms with Gasteiger partial charge in [-0.25, -0.2) is 4.99 Å². The molecule has 2 unspecified atom stereocenters. The standard InChI is InChI=1S/C11H17NO/c1-8-5-9(2)7-11(13-4)12-10(3)6-8/h5-6,9H,7H2,1-4H3/b8-5-,10-6-,12-11?/i7D,9D. The first kappa shape index (κ1) is 7.36. The van der Waals surface area contributed by atoms with E-state index in [1.54, 1.807) is 13.0 Å². The molecule has 0 aliphatic carbocycles. The maximum Gasteiger partial charge on any atom is 0.188 e. The Balaban J connectivity index is 3.23. The van der Waals surface area contributed by atoms with Crippen LogP contribution < -0.4 is 0 Å². The van der Waals surface area contributed by atoms with Crippen molar-refractivity contribution in [1.82, 2.24) is 0 Å². The van der Waals surface area contributed by atoms with Crippen LogP contribution in [0.3, 0.4) is 0 Å². The van der Waals surface area contributed by atoms with E-state index in [2.05, 4.69) is 4.99 Å². The zero-order valence-corrected chi connectivity index (χ0v) is 8.59. The largest absolute Gasteiger partial charge is 0.484 e. The Bertz CT molecular complexity index is 342. The minimum absolute atomic E-state index is 0.296. The predicted molar refractivity (Wildman–Crippen MR) is 55.7 cm³/mol. The molecule has 0 saturated carbocycles. The molecule has 1 aliphatic heterocycles. The van der Waals surface area contributed by atoms with Gasteiger partial charge in [-0.15, -0.1) is 0 Å². The summed E-state index contributed by atoms with van der Waals surface area (Å²) >= 11 is 0. The molecule has 0 fully saturated rings. The first-order valence-electron chi connectivity index (χ1n) is 5.37. The Hall–Kier alpha value is -1.05. The molecule has 0 spiro atoms. The molecule has 0 bridgehead atoms. The highest BCUT2D eigenvalue weighted by atomic mass is 16.5. The van der Waals surface area contributed by atoms with Gasteiger partial charge in [0.2, 0.25) is 0 Å². The van der Waals surface area contributed by atoms with Gasteiger partial charge in [0.15, 0.2) is 5.90 Å².